The highest BCUT2D eigenvalue weighted by Crippen LogP contribution is 2.45. The average Bonchev–Trinajstić information content (AvgIpc) is 1.59. The third-order valence-corrected chi connectivity index (χ3v) is 20.9. The van der Waals surface area contributed by atoms with Crippen LogP contribution in [-0.4, -0.2) is 138 Å². The first-order valence-corrected chi connectivity index (χ1v) is 36.6. The van der Waals surface area contributed by atoms with Crippen LogP contribution in [0.5, 0.6) is 17.2 Å². The van der Waals surface area contributed by atoms with Crippen molar-refractivity contribution < 1.29 is 67.9 Å². The van der Waals surface area contributed by atoms with E-state index in [9.17, 15) is 49.1 Å². The minimum absolute atomic E-state index is 0.00643. The second kappa shape index (κ2) is 32.7. The van der Waals surface area contributed by atoms with Crippen molar-refractivity contribution in [2.75, 3.05) is 26.1 Å². The Kier molecular flexibility index (Phi) is 23.1. The van der Waals surface area contributed by atoms with Crippen molar-refractivity contribution in [2.24, 2.45) is 17.8 Å². The summed E-state index contributed by atoms with van der Waals surface area (Å²) in [6.07, 6.45) is 21.9. The first kappa shape index (κ1) is 73.6. The number of aromatic nitrogens is 6. The van der Waals surface area contributed by atoms with Gasteiger partial charge in [0.1, 0.15) is 17.5 Å². The van der Waals surface area contributed by atoms with Crippen molar-refractivity contribution in [1.29, 1.82) is 0 Å². The van der Waals surface area contributed by atoms with Crippen LogP contribution < -0.4 is 9.47 Å². The van der Waals surface area contributed by atoms with E-state index in [0.29, 0.717) is 40.2 Å². The lowest BCUT2D eigenvalue weighted by molar-refractivity contribution is 0.0397. The monoisotopic (exact) mass is 1440 g/mol. The quantitative estimate of drug-likeness (QED) is 0.0745. The van der Waals surface area contributed by atoms with Crippen LogP contribution in [0, 0.1) is 73.4 Å². The van der Waals surface area contributed by atoms with Gasteiger partial charge < -0.3 is 29.3 Å². The molecule has 9 aromatic rings. The fraction of sp³-hybridized carbons (Fsp3) is 0.354. The van der Waals surface area contributed by atoms with E-state index in [1.54, 1.807) is 55.4 Å². The Morgan fingerprint density at radius 3 is 1.03 bits per heavy atom. The van der Waals surface area contributed by atoms with E-state index in [-0.39, 0.29) is 103 Å². The summed E-state index contributed by atoms with van der Waals surface area (Å²) < 4.78 is 118. The number of fused-ring (bicyclic) bond motifs is 6. The van der Waals surface area contributed by atoms with Gasteiger partial charge in [0.15, 0.2) is 52.2 Å². The summed E-state index contributed by atoms with van der Waals surface area (Å²) in [6, 6.07) is 32.3. The number of phenols is 1. The van der Waals surface area contributed by atoms with Gasteiger partial charge in [-0.05, 0) is 171 Å². The van der Waals surface area contributed by atoms with Gasteiger partial charge >= 0.3 is 0 Å². The van der Waals surface area contributed by atoms with E-state index < -0.39 is 50.8 Å². The normalized spacial score (nSPS) is 21.3. The molecular weight excluding hydrogens is 1360 g/mol. The summed E-state index contributed by atoms with van der Waals surface area (Å²) in [5.74, 6) is -3.09. The molecule has 0 radical (unpaired) electrons. The number of aryl methyl sites for hydroxylation is 3. The summed E-state index contributed by atoms with van der Waals surface area (Å²) in [5, 5.41) is 8.50. The molecule has 9 heterocycles. The van der Waals surface area contributed by atoms with Gasteiger partial charge in [-0.3, -0.25) is 18.6 Å². The zero-order chi connectivity index (χ0) is 73.3. The summed E-state index contributed by atoms with van der Waals surface area (Å²) in [5.41, 5.74) is 6.94. The molecule has 6 aliphatic rings. The molecule has 6 aromatic carbocycles. The van der Waals surface area contributed by atoms with Crippen LogP contribution in [-0.2, 0) is 14.3 Å². The Morgan fingerprint density at radius 1 is 0.413 bits per heavy atom. The lowest BCUT2D eigenvalue weighted by atomic mass is 9.89. The molecule has 18 nitrogen and oxygen atoms in total. The number of carbonyl (C=O) groups is 3. The van der Waals surface area contributed by atoms with Crippen molar-refractivity contribution in [3.8, 4) is 51.4 Å². The van der Waals surface area contributed by atoms with Crippen molar-refractivity contribution in [3.63, 3.8) is 0 Å². The number of carbonyl (C=O) groups excluding carboxylic acids is 3. The summed E-state index contributed by atoms with van der Waals surface area (Å²) in [7, 11) is -3.50. The molecule has 6 bridgehead atoms. The maximum Gasteiger partial charge on any atom is 0.264 e. The molecule has 3 amide bonds. The van der Waals surface area contributed by atoms with Gasteiger partial charge in [-0.15, -0.1) is 0 Å². The average molecular weight is 1440 g/mol. The van der Waals surface area contributed by atoms with Crippen LogP contribution >= 0.6 is 0 Å². The molecule has 3 unspecified atom stereocenters. The number of ether oxygens (including phenoxy) is 2. The number of amides is 3. The van der Waals surface area contributed by atoms with E-state index in [0.717, 1.165) is 141 Å². The molecule has 104 heavy (non-hydrogen) atoms. The highest BCUT2D eigenvalue weighted by Gasteiger charge is 2.49. The van der Waals surface area contributed by atoms with E-state index in [4.69, 9.17) is 18.8 Å². The van der Waals surface area contributed by atoms with Crippen LogP contribution in [0.2, 0.25) is 0 Å². The minimum Gasteiger partial charge on any atom is -0.505 e. The van der Waals surface area contributed by atoms with E-state index in [1.807, 2.05) is 90.1 Å². The van der Waals surface area contributed by atoms with Crippen molar-refractivity contribution in [3.05, 3.63) is 233 Å². The number of nitrogens with zero attached hydrogens (tertiary/aromatic N) is 9. The molecule has 9 atom stereocenters. The first-order chi connectivity index (χ1) is 50.0. The fourth-order valence-electron chi connectivity index (χ4n) is 15.4. The van der Waals surface area contributed by atoms with Gasteiger partial charge in [0, 0.05) is 126 Å². The highest BCUT2D eigenvalue weighted by molar-refractivity contribution is 7.86. The predicted octanol–water partition coefficient (Wildman–Crippen LogP) is 14.9. The van der Waals surface area contributed by atoms with Crippen molar-refractivity contribution >= 4 is 27.8 Å². The lowest BCUT2D eigenvalue weighted by Gasteiger charge is -2.40. The topological polar surface area (TPSA) is 220 Å². The smallest absolute Gasteiger partial charge is 0.264 e. The lowest BCUT2D eigenvalue weighted by Crippen LogP contribution is -2.49. The van der Waals surface area contributed by atoms with Crippen LogP contribution in [0.25, 0.3) is 34.2 Å². The predicted molar refractivity (Wildman–Crippen MR) is 376 cm³/mol. The number of phenolic OH excluding ortho intramolecular Hbond substituents is 1. The number of hydrogen-bond donors (Lipinski definition) is 1. The van der Waals surface area contributed by atoms with E-state index in [1.165, 1.54) is 24.3 Å². The zero-order valence-electron chi connectivity index (χ0n) is 57.8. The Bertz CT molecular complexity index is 4490. The second-order valence-corrected chi connectivity index (χ2v) is 28.9. The Labute approximate surface area is 599 Å². The van der Waals surface area contributed by atoms with Gasteiger partial charge in [-0.2, -0.15) is 8.42 Å². The SMILES string of the molecule is Cc1ccc(-c2ncccn2)c(C(=O)N2C3CC[C@H]2CC[C@@H]3COS(C)(=O)=O)c1.Cc1ccc(-c2ncccn2)c(C(=O)N2C3CC[C@H]2CC[C@@H]3COc2ccc(F)cc2F)c1.Cc1ccc(-c2ncccn2)c(C(=O)N2C3CC[C@H]2CC[C@@H]3COc2ccc(F)cc2F)c1.Oc1ccc(F)cc1F. The highest BCUT2D eigenvalue weighted by atomic mass is 32.2. The zero-order valence-corrected chi connectivity index (χ0v) is 58.6. The van der Waals surface area contributed by atoms with Gasteiger partial charge in [0.05, 0.1) is 42.8 Å². The molecule has 6 saturated heterocycles. The number of rotatable bonds is 15. The van der Waals surface area contributed by atoms with E-state index >= 15 is 0 Å². The van der Waals surface area contributed by atoms with Crippen LogP contribution in [0.4, 0.5) is 26.3 Å². The number of benzene rings is 6. The molecule has 15 rings (SSSR count). The molecule has 0 spiro atoms. The molecule has 3 aromatic heterocycles. The van der Waals surface area contributed by atoms with E-state index in [2.05, 4.69) is 29.9 Å². The third-order valence-electron chi connectivity index (χ3n) is 20.3. The second-order valence-electron chi connectivity index (χ2n) is 27.3. The summed E-state index contributed by atoms with van der Waals surface area (Å²) >= 11 is 0. The number of piperidine rings is 3. The standard InChI is InChI=1S/2C26H25F2N3O2.C21H25N3O4S.C6H4F2O/c2*1-16-3-8-20(25-29-11-2-12-30-25)21(13-16)26(32)31-19-6-4-17(23(31)9-7-19)15-33-24-10-5-18(27)14-22(24)28;1-14-4-8-17(20-22-10-3-11-23-20)18(12-14)21(25)24-16-6-5-15(19(24)9-7-16)13-28-29(2,26)27;7-4-1-2-6(9)5(8)3-4/h2*2-3,5,8,10-14,17,19,23H,4,6-7,9,15H2,1H3;3-4,8,10-12,15-16,19H,5-7,9,13H2,1-2H3;1-3,9H/t2*17-,19-,23?;15-,16-,19?;/m111./s1. The third kappa shape index (κ3) is 17.2. The molecule has 1 N–H and O–H groups in total. The van der Waals surface area contributed by atoms with Gasteiger partial charge in [-0.1, -0.05) is 53.1 Å². The molecular formula is C79H79F6N9O9S. The minimum atomic E-state index is -3.50. The number of halogens is 6. The van der Waals surface area contributed by atoms with Crippen LogP contribution in [0.15, 0.2) is 165 Å². The molecule has 6 aliphatic heterocycles. The number of aromatic hydroxyl groups is 1. The van der Waals surface area contributed by atoms with Crippen LogP contribution in [0.3, 0.4) is 0 Å². The number of hydrogen-bond acceptors (Lipinski definition) is 15. The van der Waals surface area contributed by atoms with Crippen molar-refractivity contribution in [1.82, 2.24) is 44.6 Å². The van der Waals surface area contributed by atoms with Gasteiger partial charge in [0.25, 0.3) is 27.8 Å². The van der Waals surface area contributed by atoms with Gasteiger partial charge in [-0.25, -0.2) is 56.2 Å². The largest absolute Gasteiger partial charge is 0.505 e. The summed E-state index contributed by atoms with van der Waals surface area (Å²) in [4.78, 5) is 73.4. The molecule has 542 valence electrons. The van der Waals surface area contributed by atoms with Crippen LogP contribution in [0.1, 0.15) is 125 Å². The Hall–Kier alpha value is -10.1. The molecule has 0 aliphatic carbocycles. The Balaban J connectivity index is 0.000000138. The molecule has 25 heteroatoms. The Morgan fingerprint density at radius 2 is 0.721 bits per heavy atom. The van der Waals surface area contributed by atoms with Gasteiger partial charge in [0.2, 0.25) is 0 Å². The fourth-order valence-corrected chi connectivity index (χ4v) is 15.8. The summed E-state index contributed by atoms with van der Waals surface area (Å²) in [6.45, 7) is 6.58. The molecule has 0 saturated carbocycles. The molecule has 6 fully saturated rings. The maximum absolute atomic E-state index is 14.0. The maximum atomic E-state index is 14.0. The first-order valence-electron chi connectivity index (χ1n) is 34.8. The van der Waals surface area contributed by atoms with Crippen molar-refractivity contribution in [2.45, 2.75) is 134 Å².